The van der Waals surface area contributed by atoms with Crippen LogP contribution >= 0.6 is 0 Å². The van der Waals surface area contributed by atoms with Crippen molar-refractivity contribution in [1.82, 2.24) is 5.43 Å². The van der Waals surface area contributed by atoms with Crippen LogP contribution in [0.4, 0.5) is 18.9 Å². The van der Waals surface area contributed by atoms with Gasteiger partial charge in [0.05, 0.1) is 11.3 Å². The van der Waals surface area contributed by atoms with Gasteiger partial charge in [0.15, 0.2) is 0 Å². The van der Waals surface area contributed by atoms with Gasteiger partial charge in [-0.15, -0.1) is 0 Å². The summed E-state index contributed by atoms with van der Waals surface area (Å²) in [5.74, 6) is 0.447. The molecule has 3 rings (SSSR count). The van der Waals surface area contributed by atoms with Crippen LogP contribution in [0, 0.1) is 0 Å². The Hall–Kier alpha value is -3.48. The molecule has 0 aliphatic carbocycles. The average Bonchev–Trinajstić information content (AvgIpc) is 2.66. The molecule has 3 aromatic carbocycles. The van der Waals surface area contributed by atoms with E-state index in [1.165, 1.54) is 30.3 Å². The highest BCUT2D eigenvalue weighted by Crippen LogP contribution is 2.34. The van der Waals surface area contributed by atoms with Gasteiger partial charge in [-0.2, -0.15) is 13.2 Å². The number of hydrogen-bond acceptors (Lipinski definition) is 3. The Morgan fingerprint density at radius 1 is 0.815 bits per heavy atom. The third-order valence-electron chi connectivity index (χ3n) is 3.62. The number of ether oxygens (including phenoxy) is 1. The van der Waals surface area contributed by atoms with Crippen LogP contribution in [0.2, 0.25) is 0 Å². The van der Waals surface area contributed by atoms with Gasteiger partial charge >= 0.3 is 6.18 Å². The Bertz CT molecular complexity index is 928. The van der Waals surface area contributed by atoms with Crippen molar-refractivity contribution in [1.29, 1.82) is 0 Å². The molecule has 0 saturated heterocycles. The van der Waals surface area contributed by atoms with Crippen molar-refractivity contribution in [2.24, 2.45) is 0 Å². The summed E-state index contributed by atoms with van der Waals surface area (Å²) in [6.45, 7) is 0. The van der Waals surface area contributed by atoms with Gasteiger partial charge in [-0.05, 0) is 42.5 Å². The van der Waals surface area contributed by atoms with Crippen LogP contribution in [0.25, 0.3) is 0 Å². The maximum Gasteiger partial charge on any atom is 0.418 e. The number of carbonyl (C=O) groups is 1. The molecule has 0 aliphatic heterocycles. The van der Waals surface area contributed by atoms with Crippen molar-refractivity contribution < 1.29 is 22.7 Å². The van der Waals surface area contributed by atoms with Gasteiger partial charge in [0, 0.05) is 5.56 Å². The first kappa shape index (κ1) is 18.3. The summed E-state index contributed by atoms with van der Waals surface area (Å²) in [6, 6.07) is 20.2. The Labute approximate surface area is 153 Å². The molecular formula is C20H15F3N2O2. The van der Waals surface area contributed by atoms with Crippen molar-refractivity contribution in [2.75, 3.05) is 5.43 Å². The summed E-state index contributed by atoms with van der Waals surface area (Å²) in [6.07, 6.45) is -4.53. The minimum Gasteiger partial charge on any atom is -0.457 e. The first-order chi connectivity index (χ1) is 12.9. The van der Waals surface area contributed by atoms with E-state index in [-0.39, 0.29) is 11.3 Å². The molecule has 0 aliphatic rings. The largest absolute Gasteiger partial charge is 0.457 e. The van der Waals surface area contributed by atoms with Gasteiger partial charge in [0.1, 0.15) is 11.5 Å². The zero-order valence-electron chi connectivity index (χ0n) is 14.0. The summed E-state index contributed by atoms with van der Waals surface area (Å²) in [5.41, 5.74) is 3.73. The minimum absolute atomic E-state index is 0.237. The van der Waals surface area contributed by atoms with Gasteiger partial charge < -0.3 is 4.74 Å². The fourth-order valence-corrected chi connectivity index (χ4v) is 2.36. The van der Waals surface area contributed by atoms with Gasteiger partial charge in [-0.3, -0.25) is 15.6 Å². The summed E-state index contributed by atoms with van der Waals surface area (Å²) >= 11 is 0. The number of hydrazine groups is 1. The van der Waals surface area contributed by atoms with E-state index in [2.05, 4.69) is 10.9 Å². The van der Waals surface area contributed by atoms with Crippen LogP contribution in [0.3, 0.4) is 0 Å². The molecule has 0 bridgehead atoms. The zero-order valence-corrected chi connectivity index (χ0v) is 14.0. The lowest BCUT2D eigenvalue weighted by molar-refractivity contribution is -0.137. The van der Waals surface area contributed by atoms with Gasteiger partial charge in [0.2, 0.25) is 0 Å². The molecule has 0 unspecified atom stereocenters. The first-order valence-electron chi connectivity index (χ1n) is 7.99. The number of hydrogen-bond donors (Lipinski definition) is 2. The van der Waals surface area contributed by atoms with Crippen molar-refractivity contribution in [3.8, 4) is 11.5 Å². The predicted molar refractivity (Wildman–Crippen MR) is 95.5 cm³/mol. The molecule has 0 aromatic heterocycles. The maximum absolute atomic E-state index is 13.0. The molecule has 0 fully saturated rings. The second-order valence-electron chi connectivity index (χ2n) is 5.57. The lowest BCUT2D eigenvalue weighted by atomic mass is 10.2. The van der Waals surface area contributed by atoms with E-state index in [1.807, 2.05) is 18.2 Å². The van der Waals surface area contributed by atoms with Crippen LogP contribution in [-0.4, -0.2) is 5.91 Å². The Balaban J connectivity index is 1.70. The van der Waals surface area contributed by atoms with Crippen LogP contribution in [0.5, 0.6) is 11.5 Å². The van der Waals surface area contributed by atoms with E-state index in [0.717, 1.165) is 6.07 Å². The smallest absolute Gasteiger partial charge is 0.418 e. The fourth-order valence-electron chi connectivity index (χ4n) is 2.36. The summed E-state index contributed by atoms with van der Waals surface area (Å²) in [5, 5.41) is 0. The number of amides is 1. The predicted octanol–water partition coefficient (Wildman–Crippen LogP) is 5.25. The molecule has 0 atom stereocenters. The monoisotopic (exact) mass is 372 g/mol. The average molecular weight is 372 g/mol. The quantitative estimate of drug-likeness (QED) is 0.601. The van der Waals surface area contributed by atoms with E-state index in [1.54, 1.807) is 24.3 Å². The number of nitrogens with one attached hydrogen (secondary N) is 2. The lowest BCUT2D eigenvalue weighted by Gasteiger charge is -2.15. The zero-order chi connectivity index (χ0) is 19.3. The van der Waals surface area contributed by atoms with E-state index in [0.29, 0.717) is 11.5 Å². The minimum atomic E-state index is -4.53. The summed E-state index contributed by atoms with van der Waals surface area (Å²) in [7, 11) is 0. The molecule has 1 amide bonds. The van der Waals surface area contributed by atoms with Crippen molar-refractivity contribution in [2.45, 2.75) is 6.18 Å². The molecule has 4 nitrogen and oxygen atoms in total. The highest BCUT2D eigenvalue weighted by Gasteiger charge is 2.33. The molecule has 0 heterocycles. The van der Waals surface area contributed by atoms with E-state index >= 15 is 0 Å². The standard InChI is InChI=1S/C20H15F3N2O2/c21-20(22,23)17-11-4-5-12-18(17)24-25-19(26)14-7-6-10-16(13-14)27-15-8-2-1-3-9-15/h1-13,24H,(H,25,26). The number of anilines is 1. The molecule has 7 heteroatoms. The number of carbonyl (C=O) groups excluding carboxylic acids is 1. The third kappa shape index (κ3) is 4.78. The van der Waals surface area contributed by atoms with E-state index in [4.69, 9.17) is 4.74 Å². The van der Waals surface area contributed by atoms with Crippen LogP contribution in [-0.2, 0) is 6.18 Å². The van der Waals surface area contributed by atoms with Crippen LogP contribution in [0.1, 0.15) is 15.9 Å². The summed E-state index contributed by atoms with van der Waals surface area (Å²) < 4.78 is 44.6. The van der Waals surface area contributed by atoms with Crippen molar-refractivity contribution >= 4 is 11.6 Å². The molecule has 0 saturated carbocycles. The third-order valence-corrected chi connectivity index (χ3v) is 3.62. The molecule has 2 N–H and O–H groups in total. The molecule has 0 spiro atoms. The van der Waals surface area contributed by atoms with Gasteiger partial charge in [-0.1, -0.05) is 36.4 Å². The number of rotatable bonds is 5. The Kier molecular flexibility index (Phi) is 5.30. The highest BCUT2D eigenvalue weighted by molar-refractivity contribution is 5.95. The van der Waals surface area contributed by atoms with Crippen LogP contribution < -0.4 is 15.6 Å². The second-order valence-corrected chi connectivity index (χ2v) is 5.57. The SMILES string of the molecule is O=C(NNc1ccccc1C(F)(F)F)c1cccc(Oc2ccccc2)c1. The lowest BCUT2D eigenvalue weighted by Crippen LogP contribution is -2.30. The Morgan fingerprint density at radius 3 is 2.22 bits per heavy atom. The maximum atomic E-state index is 13.0. The molecule has 3 aromatic rings. The van der Waals surface area contributed by atoms with Crippen LogP contribution in [0.15, 0.2) is 78.9 Å². The number of alkyl halides is 3. The normalized spacial score (nSPS) is 10.9. The number of halogens is 3. The van der Waals surface area contributed by atoms with E-state index < -0.39 is 17.6 Å². The van der Waals surface area contributed by atoms with Crippen molar-refractivity contribution in [3.05, 3.63) is 90.0 Å². The topological polar surface area (TPSA) is 50.4 Å². The van der Waals surface area contributed by atoms with Gasteiger partial charge in [0.25, 0.3) is 5.91 Å². The molecular weight excluding hydrogens is 357 g/mol. The van der Waals surface area contributed by atoms with Gasteiger partial charge in [-0.25, -0.2) is 0 Å². The second kappa shape index (κ2) is 7.82. The van der Waals surface area contributed by atoms with E-state index in [9.17, 15) is 18.0 Å². The molecule has 0 radical (unpaired) electrons. The summed E-state index contributed by atoms with van der Waals surface area (Å²) in [4.78, 5) is 12.3. The Morgan fingerprint density at radius 2 is 1.48 bits per heavy atom. The molecule has 27 heavy (non-hydrogen) atoms. The van der Waals surface area contributed by atoms with Crippen molar-refractivity contribution in [3.63, 3.8) is 0 Å². The number of para-hydroxylation sites is 2. The fraction of sp³-hybridized carbons (Fsp3) is 0.0500. The first-order valence-corrected chi connectivity index (χ1v) is 7.99. The number of benzene rings is 3. The molecule has 138 valence electrons. The highest BCUT2D eigenvalue weighted by atomic mass is 19.4.